The Balaban J connectivity index is 1.31. The molecule has 0 atom stereocenters. The van der Waals surface area contributed by atoms with E-state index in [1.165, 1.54) is 11.1 Å². The van der Waals surface area contributed by atoms with Crippen LogP contribution in [0.2, 0.25) is 0 Å². The predicted molar refractivity (Wildman–Crippen MR) is 146 cm³/mol. The Labute approximate surface area is 220 Å². The maximum Gasteiger partial charge on any atom is 0.119 e. The van der Waals surface area contributed by atoms with E-state index in [4.69, 9.17) is 14.8 Å². The summed E-state index contributed by atoms with van der Waals surface area (Å²) in [5.41, 5.74) is 9.70. The van der Waals surface area contributed by atoms with E-state index in [2.05, 4.69) is 82.7 Å². The monoisotopic (exact) mass is 498 g/mol. The molecular formula is C31H26N6O. The Morgan fingerprint density at radius 2 is 1.55 bits per heavy atom. The molecule has 7 heteroatoms. The van der Waals surface area contributed by atoms with E-state index in [9.17, 15) is 0 Å². The van der Waals surface area contributed by atoms with Crippen LogP contribution in [0.25, 0.3) is 28.2 Å². The summed E-state index contributed by atoms with van der Waals surface area (Å²) >= 11 is 0. The highest BCUT2D eigenvalue weighted by atomic mass is 16.5. The molecule has 4 heterocycles. The first-order valence-electron chi connectivity index (χ1n) is 12.7. The maximum absolute atomic E-state index is 5.58. The summed E-state index contributed by atoms with van der Waals surface area (Å²) in [5, 5.41) is 9.69. The van der Waals surface area contributed by atoms with Gasteiger partial charge in [-0.1, -0.05) is 60.7 Å². The standard InChI is InChI=1S/C31H26N6O/c1-38-26-12-13-28-27(15-26)30-24(19-36(34-30)18-23-10-6-3-7-11-23)14-29-31(32-21-37(28)29)25-16-33-35(20-25)17-22-8-4-2-5-9-22/h2-13,15-16,19-21H,14,17-18H2,1H3. The number of methoxy groups -OCH3 is 1. The quantitative estimate of drug-likeness (QED) is 0.299. The summed E-state index contributed by atoms with van der Waals surface area (Å²) in [4.78, 5) is 4.87. The normalized spacial score (nSPS) is 11.9. The van der Waals surface area contributed by atoms with Gasteiger partial charge in [0, 0.05) is 35.5 Å². The van der Waals surface area contributed by atoms with E-state index >= 15 is 0 Å². The summed E-state index contributed by atoms with van der Waals surface area (Å²) in [6.07, 6.45) is 8.77. The number of ether oxygens (including phenoxy) is 1. The lowest BCUT2D eigenvalue weighted by atomic mass is 10.0. The molecule has 0 saturated heterocycles. The van der Waals surface area contributed by atoms with Crippen molar-refractivity contribution in [3.63, 3.8) is 0 Å². The Hall–Kier alpha value is -4.91. The smallest absolute Gasteiger partial charge is 0.119 e. The highest BCUT2D eigenvalue weighted by Crippen LogP contribution is 2.39. The van der Waals surface area contributed by atoms with Crippen molar-refractivity contribution in [2.75, 3.05) is 7.11 Å². The van der Waals surface area contributed by atoms with Gasteiger partial charge < -0.3 is 9.30 Å². The summed E-state index contributed by atoms with van der Waals surface area (Å²) in [6.45, 7) is 1.43. The first-order chi connectivity index (χ1) is 18.7. The molecule has 7 rings (SSSR count). The number of hydrogen-bond donors (Lipinski definition) is 0. The predicted octanol–water partition coefficient (Wildman–Crippen LogP) is 5.61. The van der Waals surface area contributed by atoms with Gasteiger partial charge in [0.2, 0.25) is 0 Å². The third-order valence-corrected chi connectivity index (χ3v) is 7.06. The van der Waals surface area contributed by atoms with Crippen LogP contribution in [0, 0.1) is 0 Å². The van der Waals surface area contributed by atoms with Crippen molar-refractivity contribution in [2.45, 2.75) is 19.5 Å². The van der Waals surface area contributed by atoms with Gasteiger partial charge in [-0.3, -0.25) is 9.36 Å². The van der Waals surface area contributed by atoms with E-state index in [0.29, 0.717) is 13.0 Å². The molecule has 186 valence electrons. The van der Waals surface area contributed by atoms with Crippen molar-refractivity contribution in [1.29, 1.82) is 0 Å². The molecule has 1 aliphatic rings. The number of hydrogen-bond acceptors (Lipinski definition) is 4. The Morgan fingerprint density at radius 3 is 2.29 bits per heavy atom. The average molecular weight is 499 g/mol. The zero-order valence-corrected chi connectivity index (χ0v) is 21.0. The highest BCUT2D eigenvalue weighted by molar-refractivity contribution is 5.77. The van der Waals surface area contributed by atoms with Crippen molar-refractivity contribution in [1.82, 2.24) is 29.1 Å². The fourth-order valence-electron chi connectivity index (χ4n) is 5.23. The van der Waals surface area contributed by atoms with Crippen molar-refractivity contribution < 1.29 is 4.74 Å². The molecule has 0 fully saturated rings. The molecule has 3 aromatic carbocycles. The van der Waals surface area contributed by atoms with Crippen LogP contribution in [0.4, 0.5) is 0 Å². The van der Waals surface area contributed by atoms with Crippen LogP contribution in [0.3, 0.4) is 0 Å². The Morgan fingerprint density at radius 1 is 0.816 bits per heavy atom. The van der Waals surface area contributed by atoms with Crippen molar-refractivity contribution in [3.05, 3.63) is 126 Å². The number of aromatic nitrogens is 6. The maximum atomic E-state index is 5.58. The van der Waals surface area contributed by atoms with Gasteiger partial charge in [-0.05, 0) is 29.3 Å². The molecule has 0 amide bonds. The van der Waals surface area contributed by atoms with Crippen LogP contribution in [0.15, 0.2) is 104 Å². The number of imidazole rings is 1. The van der Waals surface area contributed by atoms with Crippen LogP contribution in [0.1, 0.15) is 22.4 Å². The average Bonchev–Trinajstić information content (AvgIpc) is 3.67. The molecule has 0 saturated carbocycles. The number of benzene rings is 3. The fourth-order valence-corrected chi connectivity index (χ4v) is 5.23. The Kier molecular flexibility index (Phi) is 5.39. The molecule has 7 nitrogen and oxygen atoms in total. The van der Waals surface area contributed by atoms with Gasteiger partial charge in [-0.25, -0.2) is 4.98 Å². The van der Waals surface area contributed by atoms with E-state index < -0.39 is 0 Å². The van der Waals surface area contributed by atoms with Crippen LogP contribution in [-0.2, 0) is 19.5 Å². The lowest BCUT2D eigenvalue weighted by Gasteiger charge is -2.11. The lowest BCUT2D eigenvalue weighted by Crippen LogP contribution is -2.03. The van der Waals surface area contributed by atoms with Gasteiger partial charge in [0.25, 0.3) is 0 Å². The molecule has 0 bridgehead atoms. The molecule has 38 heavy (non-hydrogen) atoms. The van der Waals surface area contributed by atoms with E-state index in [0.717, 1.165) is 51.8 Å². The second kappa shape index (κ2) is 9.19. The first kappa shape index (κ1) is 22.3. The third kappa shape index (κ3) is 3.98. The SMILES string of the molecule is COc1ccc2c(c1)-c1nn(Cc3ccccc3)cc1Cc1c(-c3cnn(Cc4ccccc4)c3)ncn1-2. The van der Waals surface area contributed by atoms with Crippen LogP contribution < -0.4 is 4.74 Å². The summed E-state index contributed by atoms with van der Waals surface area (Å²) in [6, 6.07) is 26.9. The zero-order chi connectivity index (χ0) is 25.5. The third-order valence-electron chi connectivity index (χ3n) is 7.06. The minimum Gasteiger partial charge on any atom is -0.497 e. The molecular weight excluding hydrogens is 472 g/mol. The number of fused-ring (bicyclic) bond motifs is 5. The minimum absolute atomic E-state index is 0.709. The summed E-state index contributed by atoms with van der Waals surface area (Å²) < 4.78 is 11.8. The fraction of sp³-hybridized carbons (Fsp3) is 0.129. The van der Waals surface area contributed by atoms with Crippen LogP contribution in [0.5, 0.6) is 5.75 Å². The van der Waals surface area contributed by atoms with Crippen LogP contribution in [-0.4, -0.2) is 36.2 Å². The van der Waals surface area contributed by atoms with E-state index in [1.807, 2.05) is 40.1 Å². The number of rotatable bonds is 6. The zero-order valence-electron chi connectivity index (χ0n) is 21.0. The molecule has 0 N–H and O–H groups in total. The van der Waals surface area contributed by atoms with E-state index in [1.54, 1.807) is 7.11 Å². The van der Waals surface area contributed by atoms with Gasteiger partial charge in [-0.2, -0.15) is 10.2 Å². The van der Waals surface area contributed by atoms with E-state index in [-0.39, 0.29) is 0 Å². The van der Waals surface area contributed by atoms with Crippen molar-refractivity contribution in [3.8, 4) is 34.0 Å². The molecule has 6 aromatic rings. The summed E-state index contributed by atoms with van der Waals surface area (Å²) in [7, 11) is 1.70. The molecule has 0 spiro atoms. The second-order valence-corrected chi connectivity index (χ2v) is 9.57. The van der Waals surface area contributed by atoms with Gasteiger partial charge in [-0.15, -0.1) is 0 Å². The minimum atomic E-state index is 0.709. The first-order valence-corrected chi connectivity index (χ1v) is 12.7. The molecule has 3 aromatic heterocycles. The second-order valence-electron chi connectivity index (χ2n) is 9.57. The van der Waals surface area contributed by atoms with Gasteiger partial charge in [0.05, 0.1) is 49.2 Å². The largest absolute Gasteiger partial charge is 0.497 e. The Bertz CT molecular complexity index is 1730. The molecule has 1 aliphatic heterocycles. The molecule has 0 aliphatic carbocycles. The molecule has 0 radical (unpaired) electrons. The van der Waals surface area contributed by atoms with Gasteiger partial charge in [0.15, 0.2) is 0 Å². The topological polar surface area (TPSA) is 62.7 Å². The van der Waals surface area contributed by atoms with Crippen molar-refractivity contribution in [2.24, 2.45) is 0 Å². The number of nitrogens with zero attached hydrogens (tertiary/aromatic N) is 6. The van der Waals surface area contributed by atoms with Gasteiger partial charge >= 0.3 is 0 Å². The highest BCUT2D eigenvalue weighted by Gasteiger charge is 2.26. The molecule has 0 unspecified atom stereocenters. The lowest BCUT2D eigenvalue weighted by molar-refractivity contribution is 0.415. The van der Waals surface area contributed by atoms with Crippen molar-refractivity contribution >= 4 is 0 Å². The summed E-state index contributed by atoms with van der Waals surface area (Å²) in [5.74, 6) is 0.804. The van der Waals surface area contributed by atoms with Gasteiger partial charge in [0.1, 0.15) is 12.1 Å². The van der Waals surface area contributed by atoms with Crippen LogP contribution >= 0.6 is 0 Å².